The molecule has 0 unspecified atom stereocenters. The minimum Gasteiger partial charge on any atom is -0.309 e. The second-order valence-electron chi connectivity index (χ2n) is 13.7. The van der Waals surface area contributed by atoms with Gasteiger partial charge in [0.2, 0.25) is 0 Å². The lowest BCUT2D eigenvalue weighted by Gasteiger charge is -2.33. The number of thiophene rings is 1. The number of anilines is 6. The summed E-state index contributed by atoms with van der Waals surface area (Å²) in [6.07, 6.45) is 0. The summed E-state index contributed by atoms with van der Waals surface area (Å²) in [7, 11) is 0. The molecule has 3 heteroatoms. The van der Waals surface area contributed by atoms with Crippen molar-refractivity contribution in [2.45, 2.75) is 0 Å². The van der Waals surface area contributed by atoms with Gasteiger partial charge in [-0.15, -0.1) is 11.3 Å². The molecule has 2 nitrogen and oxygen atoms in total. The van der Waals surface area contributed by atoms with E-state index in [2.05, 4.69) is 228 Å². The third kappa shape index (κ3) is 6.01. The third-order valence-electron chi connectivity index (χ3n) is 10.4. The van der Waals surface area contributed by atoms with E-state index < -0.39 is 0 Å². The van der Waals surface area contributed by atoms with Crippen molar-refractivity contribution in [3.63, 3.8) is 0 Å². The Hall–Kier alpha value is -6.94. The largest absolute Gasteiger partial charge is 0.309 e. The predicted octanol–water partition coefficient (Wildman–Crippen LogP) is 15.5. The van der Waals surface area contributed by atoms with E-state index in [0.29, 0.717) is 0 Å². The molecule has 260 valence electrons. The summed E-state index contributed by atoms with van der Waals surface area (Å²) in [6.45, 7) is 0. The lowest BCUT2D eigenvalue weighted by molar-refractivity contribution is 1.29. The minimum absolute atomic E-state index is 1.11. The van der Waals surface area contributed by atoms with Crippen molar-refractivity contribution in [2.75, 3.05) is 9.80 Å². The Morgan fingerprint density at radius 2 is 0.655 bits per heavy atom. The third-order valence-corrected chi connectivity index (χ3v) is 11.6. The maximum Gasteiger partial charge on any atom is 0.0620 e. The second-order valence-corrected chi connectivity index (χ2v) is 14.8. The molecule has 10 aromatic rings. The number of benzene rings is 9. The highest BCUT2D eigenvalue weighted by atomic mass is 32.1. The number of rotatable bonds is 8. The molecule has 55 heavy (non-hydrogen) atoms. The Balaban J connectivity index is 1.27. The van der Waals surface area contributed by atoms with Crippen LogP contribution in [-0.4, -0.2) is 0 Å². The molecule has 1 heterocycles. The first-order chi connectivity index (χ1) is 27.3. The van der Waals surface area contributed by atoms with Crippen molar-refractivity contribution in [3.8, 4) is 20.9 Å². The van der Waals surface area contributed by atoms with E-state index in [1.54, 1.807) is 0 Å². The van der Waals surface area contributed by atoms with Crippen LogP contribution >= 0.6 is 11.3 Å². The van der Waals surface area contributed by atoms with Crippen LogP contribution in [0.1, 0.15) is 0 Å². The first kappa shape index (κ1) is 32.7. The molecule has 0 fully saturated rings. The summed E-state index contributed by atoms with van der Waals surface area (Å²) in [5.74, 6) is 0. The van der Waals surface area contributed by atoms with Crippen LogP contribution in [-0.2, 0) is 0 Å². The Kier molecular flexibility index (Phi) is 8.40. The molecule has 0 saturated carbocycles. The molecule has 0 spiro atoms. The highest BCUT2D eigenvalue weighted by molar-refractivity contribution is 7.18. The topological polar surface area (TPSA) is 6.48 Å². The van der Waals surface area contributed by atoms with Gasteiger partial charge in [0.1, 0.15) is 0 Å². The van der Waals surface area contributed by atoms with Crippen molar-refractivity contribution < 1.29 is 0 Å². The SMILES string of the molecule is c1ccc(N(c2ccccc2)c2c3ccccc3c(N(c3ccccc3)c3ccccc3)c3cc(-c4ccc(-c5ccc6ccccc6c5)s4)ccc23)cc1. The molecule has 9 aromatic carbocycles. The van der Waals surface area contributed by atoms with Gasteiger partial charge in [-0.25, -0.2) is 0 Å². The van der Waals surface area contributed by atoms with Gasteiger partial charge in [-0.05, 0) is 94.7 Å². The molecule has 0 atom stereocenters. The first-order valence-corrected chi connectivity index (χ1v) is 19.5. The second kappa shape index (κ2) is 14.1. The van der Waals surface area contributed by atoms with Gasteiger partial charge in [-0.3, -0.25) is 0 Å². The van der Waals surface area contributed by atoms with Gasteiger partial charge in [-0.1, -0.05) is 146 Å². The van der Waals surface area contributed by atoms with Crippen LogP contribution < -0.4 is 9.80 Å². The number of hydrogen-bond donors (Lipinski definition) is 0. The molecule has 0 amide bonds. The van der Waals surface area contributed by atoms with E-state index in [0.717, 1.165) is 34.1 Å². The first-order valence-electron chi connectivity index (χ1n) is 18.7. The Labute approximate surface area is 325 Å². The minimum atomic E-state index is 1.11. The predicted molar refractivity (Wildman–Crippen MR) is 237 cm³/mol. The zero-order valence-corrected chi connectivity index (χ0v) is 30.9. The summed E-state index contributed by atoms with van der Waals surface area (Å²) >= 11 is 1.85. The Morgan fingerprint density at radius 1 is 0.273 bits per heavy atom. The van der Waals surface area contributed by atoms with E-state index in [4.69, 9.17) is 0 Å². The van der Waals surface area contributed by atoms with Gasteiger partial charge in [0, 0.05) is 54.0 Å². The number of hydrogen-bond acceptors (Lipinski definition) is 3. The molecule has 0 radical (unpaired) electrons. The quantitative estimate of drug-likeness (QED) is 0.114. The van der Waals surface area contributed by atoms with Crippen LogP contribution in [0, 0.1) is 0 Å². The summed E-state index contributed by atoms with van der Waals surface area (Å²) in [5, 5.41) is 7.22. The molecule has 10 rings (SSSR count). The van der Waals surface area contributed by atoms with E-state index >= 15 is 0 Å². The monoisotopic (exact) mass is 720 g/mol. The fraction of sp³-hybridized carbons (Fsp3) is 0. The molecule has 0 aliphatic rings. The highest BCUT2D eigenvalue weighted by Crippen LogP contribution is 2.52. The molecule has 0 aliphatic heterocycles. The van der Waals surface area contributed by atoms with Crippen molar-refractivity contribution in [3.05, 3.63) is 218 Å². The average Bonchev–Trinajstić information content (AvgIpc) is 3.76. The van der Waals surface area contributed by atoms with Crippen LogP contribution in [0.25, 0.3) is 53.2 Å². The smallest absolute Gasteiger partial charge is 0.0620 e. The number of fused-ring (bicyclic) bond motifs is 3. The van der Waals surface area contributed by atoms with E-state index in [1.807, 2.05) is 11.3 Å². The van der Waals surface area contributed by atoms with Crippen LogP contribution in [0.2, 0.25) is 0 Å². The van der Waals surface area contributed by atoms with Gasteiger partial charge in [-0.2, -0.15) is 0 Å². The molecule has 0 N–H and O–H groups in total. The molecular weight excluding hydrogens is 685 g/mol. The van der Waals surface area contributed by atoms with E-state index in [1.165, 1.54) is 53.2 Å². The molecule has 0 saturated heterocycles. The summed E-state index contributed by atoms with van der Waals surface area (Å²) in [5.41, 5.74) is 9.18. The molecule has 0 bridgehead atoms. The Bertz CT molecular complexity index is 2840. The van der Waals surface area contributed by atoms with E-state index in [9.17, 15) is 0 Å². The fourth-order valence-electron chi connectivity index (χ4n) is 7.88. The maximum atomic E-state index is 2.43. The van der Waals surface area contributed by atoms with E-state index in [-0.39, 0.29) is 0 Å². The molecule has 0 aliphatic carbocycles. The van der Waals surface area contributed by atoms with Crippen LogP contribution in [0.5, 0.6) is 0 Å². The van der Waals surface area contributed by atoms with Gasteiger partial charge in [0.05, 0.1) is 11.4 Å². The van der Waals surface area contributed by atoms with Crippen molar-refractivity contribution in [2.24, 2.45) is 0 Å². The van der Waals surface area contributed by atoms with Gasteiger partial charge in [0.15, 0.2) is 0 Å². The summed E-state index contributed by atoms with van der Waals surface area (Å²) in [4.78, 5) is 7.35. The summed E-state index contributed by atoms with van der Waals surface area (Å²) in [6, 6.07) is 78.9. The van der Waals surface area contributed by atoms with Crippen molar-refractivity contribution in [1.82, 2.24) is 0 Å². The fourth-order valence-corrected chi connectivity index (χ4v) is 8.88. The lowest BCUT2D eigenvalue weighted by Crippen LogP contribution is -2.14. The standard InChI is InChI=1S/C52H36N2S/c1-5-19-41(20-6-1)53(42-21-7-2-8-22-42)51-45-27-15-16-28-46(45)52(54(43-23-9-3-10-24-43)44-25-11-4-12-26-44)48-36-40(31-32-47(48)51)50-34-33-49(55-50)39-30-29-37-17-13-14-18-38(37)35-39/h1-36H. The van der Waals surface area contributed by atoms with Crippen LogP contribution in [0.3, 0.4) is 0 Å². The number of para-hydroxylation sites is 4. The van der Waals surface area contributed by atoms with Crippen molar-refractivity contribution >= 4 is 77.8 Å². The highest BCUT2D eigenvalue weighted by Gasteiger charge is 2.25. The normalized spacial score (nSPS) is 11.3. The van der Waals surface area contributed by atoms with Gasteiger partial charge >= 0.3 is 0 Å². The zero-order chi connectivity index (χ0) is 36.6. The van der Waals surface area contributed by atoms with Gasteiger partial charge < -0.3 is 9.80 Å². The van der Waals surface area contributed by atoms with Gasteiger partial charge in [0.25, 0.3) is 0 Å². The van der Waals surface area contributed by atoms with Crippen LogP contribution in [0.4, 0.5) is 34.1 Å². The molecule has 1 aromatic heterocycles. The lowest BCUT2D eigenvalue weighted by atomic mass is 9.94. The summed E-state index contributed by atoms with van der Waals surface area (Å²) < 4.78 is 0. The molecular formula is C52H36N2S. The van der Waals surface area contributed by atoms with Crippen LogP contribution in [0.15, 0.2) is 218 Å². The number of nitrogens with zero attached hydrogens (tertiary/aromatic N) is 2. The van der Waals surface area contributed by atoms with Crippen molar-refractivity contribution in [1.29, 1.82) is 0 Å². The Morgan fingerprint density at radius 3 is 1.16 bits per heavy atom. The zero-order valence-electron chi connectivity index (χ0n) is 30.1. The maximum absolute atomic E-state index is 2.43. The average molecular weight is 721 g/mol.